The van der Waals surface area contributed by atoms with E-state index in [0.29, 0.717) is 12.2 Å². The van der Waals surface area contributed by atoms with Crippen LogP contribution >= 0.6 is 0 Å². The molecular weight excluding hydrogens is 288 g/mol. The zero-order valence-corrected chi connectivity index (χ0v) is 13.9. The number of aromatic nitrogens is 2. The lowest BCUT2D eigenvalue weighted by Gasteiger charge is -2.18. The zero-order chi connectivity index (χ0) is 16.2. The highest BCUT2D eigenvalue weighted by molar-refractivity contribution is 6.05. The average molecular weight is 312 g/mol. The second kappa shape index (κ2) is 6.96. The third-order valence-corrected chi connectivity index (χ3v) is 4.46. The summed E-state index contributed by atoms with van der Waals surface area (Å²) in [5.41, 5.74) is 4.83. The molecule has 1 aromatic carbocycles. The molecule has 2 heterocycles. The molecule has 0 aliphatic carbocycles. The van der Waals surface area contributed by atoms with E-state index in [2.05, 4.69) is 34.6 Å². The molecule has 1 aliphatic heterocycles. The van der Waals surface area contributed by atoms with Crippen LogP contribution < -0.4 is 10.2 Å². The van der Waals surface area contributed by atoms with Crippen LogP contribution in [-0.4, -0.2) is 29.7 Å². The minimum atomic E-state index is -0.0625. The van der Waals surface area contributed by atoms with Crippen LogP contribution in [0.5, 0.6) is 0 Å². The first-order chi connectivity index (χ1) is 11.2. The normalized spacial score (nSPS) is 13.7. The van der Waals surface area contributed by atoms with Crippen LogP contribution in [-0.2, 0) is 19.4 Å². The minimum Gasteiger partial charge on any atom is -0.312 e. The van der Waals surface area contributed by atoms with Crippen molar-refractivity contribution in [3.8, 4) is 0 Å². The molecule has 0 bridgehead atoms. The summed E-state index contributed by atoms with van der Waals surface area (Å²) in [5.74, 6) is -0.0625. The van der Waals surface area contributed by atoms with Gasteiger partial charge >= 0.3 is 0 Å². The van der Waals surface area contributed by atoms with Crippen molar-refractivity contribution >= 4 is 11.6 Å². The van der Waals surface area contributed by atoms with Gasteiger partial charge in [0.25, 0.3) is 5.91 Å². The minimum absolute atomic E-state index is 0.0625. The lowest BCUT2D eigenvalue weighted by atomic mass is 10.1. The molecule has 23 heavy (non-hydrogen) atoms. The molecular formula is C18H24N4O. The van der Waals surface area contributed by atoms with Gasteiger partial charge in [-0.3, -0.25) is 9.89 Å². The largest absolute Gasteiger partial charge is 0.312 e. The number of H-pyrrole nitrogens is 1. The van der Waals surface area contributed by atoms with Crippen LogP contribution in [0.4, 0.5) is 5.69 Å². The molecule has 2 N–H and O–H groups in total. The number of nitrogens with zero attached hydrogens (tertiary/aromatic N) is 2. The predicted molar refractivity (Wildman–Crippen MR) is 91.8 cm³/mol. The summed E-state index contributed by atoms with van der Waals surface area (Å²) in [6, 6.07) is 8.24. The van der Waals surface area contributed by atoms with E-state index in [0.717, 1.165) is 36.3 Å². The summed E-state index contributed by atoms with van der Waals surface area (Å²) in [7, 11) is 1.81. The summed E-state index contributed by atoms with van der Waals surface area (Å²) in [4.78, 5) is 14.4. The smallest absolute Gasteiger partial charge is 0.278 e. The molecule has 1 aliphatic rings. The topological polar surface area (TPSA) is 61.0 Å². The standard InChI is InChI=1S/C18H24N4O/c1-3-4-5-13-6-8-14(9-7-13)22(2)18(23)17-15-12-19-11-10-16(15)20-21-17/h6-9,19H,3-5,10-12H2,1-2H3,(H,20,21). The summed E-state index contributed by atoms with van der Waals surface area (Å²) in [6.07, 6.45) is 4.37. The summed E-state index contributed by atoms with van der Waals surface area (Å²) < 4.78 is 0. The molecule has 0 atom stereocenters. The Morgan fingerprint density at radius 1 is 1.30 bits per heavy atom. The maximum Gasteiger partial charge on any atom is 0.278 e. The maximum atomic E-state index is 12.8. The summed E-state index contributed by atoms with van der Waals surface area (Å²) >= 11 is 0. The highest BCUT2D eigenvalue weighted by Gasteiger charge is 2.24. The van der Waals surface area contributed by atoms with Gasteiger partial charge in [0.15, 0.2) is 5.69 Å². The van der Waals surface area contributed by atoms with E-state index in [1.807, 2.05) is 12.1 Å². The number of carbonyl (C=O) groups is 1. The molecule has 0 radical (unpaired) electrons. The first-order valence-electron chi connectivity index (χ1n) is 8.34. The predicted octanol–water partition coefficient (Wildman–Crippen LogP) is 2.67. The molecule has 0 spiro atoms. The third-order valence-electron chi connectivity index (χ3n) is 4.46. The fourth-order valence-electron chi connectivity index (χ4n) is 2.95. The second-order valence-electron chi connectivity index (χ2n) is 6.09. The first-order valence-corrected chi connectivity index (χ1v) is 8.34. The fraction of sp³-hybridized carbons (Fsp3) is 0.444. The van der Waals surface area contributed by atoms with Gasteiger partial charge in [0.1, 0.15) is 0 Å². The zero-order valence-electron chi connectivity index (χ0n) is 13.9. The lowest BCUT2D eigenvalue weighted by Crippen LogP contribution is -2.30. The van der Waals surface area contributed by atoms with Gasteiger partial charge in [-0.05, 0) is 30.5 Å². The number of unbranched alkanes of at least 4 members (excludes halogenated alkanes) is 1. The summed E-state index contributed by atoms with van der Waals surface area (Å²) in [6.45, 7) is 3.83. The molecule has 0 fully saturated rings. The molecule has 122 valence electrons. The van der Waals surface area contributed by atoms with Crippen LogP contribution in [0.1, 0.15) is 47.1 Å². The van der Waals surface area contributed by atoms with Crippen molar-refractivity contribution in [2.75, 3.05) is 18.5 Å². The van der Waals surface area contributed by atoms with Crippen molar-refractivity contribution in [1.29, 1.82) is 0 Å². The Kier molecular flexibility index (Phi) is 4.76. The number of rotatable bonds is 5. The van der Waals surface area contributed by atoms with Crippen molar-refractivity contribution in [1.82, 2.24) is 15.5 Å². The van der Waals surface area contributed by atoms with Gasteiger partial charge in [0, 0.05) is 43.5 Å². The number of hydrogen-bond donors (Lipinski definition) is 2. The van der Waals surface area contributed by atoms with Gasteiger partial charge in [-0.1, -0.05) is 25.5 Å². The van der Waals surface area contributed by atoms with E-state index in [1.54, 1.807) is 11.9 Å². The van der Waals surface area contributed by atoms with Gasteiger partial charge in [0.05, 0.1) is 0 Å². The molecule has 5 nitrogen and oxygen atoms in total. The average Bonchev–Trinajstić information content (AvgIpc) is 3.03. The summed E-state index contributed by atoms with van der Waals surface area (Å²) in [5, 5.41) is 10.6. The Morgan fingerprint density at radius 2 is 2.09 bits per heavy atom. The molecule has 3 rings (SSSR count). The van der Waals surface area contributed by atoms with E-state index in [-0.39, 0.29) is 5.91 Å². The Bertz CT molecular complexity index is 675. The van der Waals surface area contributed by atoms with Crippen molar-refractivity contribution in [3.63, 3.8) is 0 Å². The first kappa shape index (κ1) is 15.7. The number of hydrogen-bond acceptors (Lipinski definition) is 3. The van der Waals surface area contributed by atoms with Crippen LogP contribution in [0, 0.1) is 0 Å². The van der Waals surface area contributed by atoms with Gasteiger partial charge < -0.3 is 10.2 Å². The van der Waals surface area contributed by atoms with Crippen molar-refractivity contribution in [3.05, 3.63) is 46.8 Å². The number of carbonyl (C=O) groups excluding carboxylic acids is 1. The van der Waals surface area contributed by atoms with Crippen molar-refractivity contribution in [2.24, 2.45) is 0 Å². The maximum absolute atomic E-state index is 12.8. The van der Waals surface area contributed by atoms with Crippen LogP contribution in [0.2, 0.25) is 0 Å². The quantitative estimate of drug-likeness (QED) is 0.892. The number of anilines is 1. The number of aromatic amines is 1. The van der Waals surface area contributed by atoms with E-state index < -0.39 is 0 Å². The Morgan fingerprint density at radius 3 is 2.83 bits per heavy atom. The lowest BCUT2D eigenvalue weighted by molar-refractivity contribution is 0.0987. The number of fused-ring (bicyclic) bond motifs is 1. The molecule has 1 aromatic heterocycles. The van der Waals surface area contributed by atoms with E-state index in [4.69, 9.17) is 0 Å². The second-order valence-corrected chi connectivity index (χ2v) is 6.09. The number of benzene rings is 1. The third kappa shape index (κ3) is 3.29. The van der Waals surface area contributed by atoms with E-state index in [9.17, 15) is 4.79 Å². The van der Waals surface area contributed by atoms with Crippen molar-refractivity contribution in [2.45, 2.75) is 39.2 Å². The Hall–Kier alpha value is -2.14. The van der Waals surface area contributed by atoms with Gasteiger partial charge in [-0.25, -0.2) is 0 Å². The van der Waals surface area contributed by atoms with Crippen molar-refractivity contribution < 1.29 is 4.79 Å². The van der Waals surface area contributed by atoms with Crippen LogP contribution in [0.25, 0.3) is 0 Å². The Labute approximate surface area is 137 Å². The number of aryl methyl sites for hydroxylation is 1. The fourth-order valence-corrected chi connectivity index (χ4v) is 2.95. The highest BCUT2D eigenvalue weighted by atomic mass is 16.2. The van der Waals surface area contributed by atoms with Crippen LogP contribution in [0.3, 0.4) is 0 Å². The monoisotopic (exact) mass is 312 g/mol. The highest BCUT2D eigenvalue weighted by Crippen LogP contribution is 2.21. The molecule has 0 unspecified atom stereocenters. The SMILES string of the molecule is CCCCc1ccc(N(C)C(=O)c2n[nH]c3c2CNCC3)cc1. The molecule has 5 heteroatoms. The Balaban J connectivity index is 1.75. The van der Waals surface area contributed by atoms with E-state index in [1.165, 1.54) is 18.4 Å². The van der Waals surface area contributed by atoms with Gasteiger partial charge in [-0.15, -0.1) is 0 Å². The van der Waals surface area contributed by atoms with Crippen LogP contribution in [0.15, 0.2) is 24.3 Å². The molecule has 2 aromatic rings. The number of nitrogens with one attached hydrogen (secondary N) is 2. The molecule has 0 saturated heterocycles. The molecule has 1 amide bonds. The number of amides is 1. The van der Waals surface area contributed by atoms with E-state index >= 15 is 0 Å². The molecule has 0 saturated carbocycles. The van der Waals surface area contributed by atoms with Gasteiger partial charge in [0.2, 0.25) is 0 Å². The van der Waals surface area contributed by atoms with Gasteiger partial charge in [-0.2, -0.15) is 5.10 Å².